The molecule has 3 nitrogen and oxygen atoms in total. The SMILES string of the molecule is CCN(C)C(=O)CNC1CCCC(C2CC2)C1. The minimum Gasteiger partial charge on any atom is -0.345 e. The van der Waals surface area contributed by atoms with E-state index in [0.29, 0.717) is 12.6 Å². The van der Waals surface area contributed by atoms with Gasteiger partial charge < -0.3 is 10.2 Å². The minimum atomic E-state index is 0.223. The van der Waals surface area contributed by atoms with Crippen LogP contribution in [0.2, 0.25) is 0 Å². The van der Waals surface area contributed by atoms with Crippen molar-refractivity contribution in [1.82, 2.24) is 10.2 Å². The average molecular weight is 238 g/mol. The highest BCUT2D eigenvalue weighted by Crippen LogP contribution is 2.43. The van der Waals surface area contributed by atoms with Crippen LogP contribution in [0.4, 0.5) is 0 Å². The molecule has 1 N–H and O–H groups in total. The zero-order valence-corrected chi connectivity index (χ0v) is 11.2. The Morgan fingerprint density at radius 1 is 1.24 bits per heavy atom. The van der Waals surface area contributed by atoms with Crippen LogP contribution in [0.25, 0.3) is 0 Å². The van der Waals surface area contributed by atoms with Gasteiger partial charge in [0.1, 0.15) is 0 Å². The molecule has 98 valence electrons. The van der Waals surface area contributed by atoms with Crippen molar-refractivity contribution < 1.29 is 4.79 Å². The van der Waals surface area contributed by atoms with Crippen molar-refractivity contribution in [1.29, 1.82) is 0 Å². The standard InChI is InChI=1S/C14H26N2O/c1-3-16(2)14(17)10-15-13-6-4-5-12(9-13)11-7-8-11/h11-13,15H,3-10H2,1-2H3. The summed E-state index contributed by atoms with van der Waals surface area (Å²) in [5, 5.41) is 3.46. The van der Waals surface area contributed by atoms with Crippen LogP contribution >= 0.6 is 0 Å². The summed E-state index contributed by atoms with van der Waals surface area (Å²) >= 11 is 0. The molecule has 2 saturated carbocycles. The zero-order chi connectivity index (χ0) is 12.3. The van der Waals surface area contributed by atoms with Crippen molar-refractivity contribution in [3.63, 3.8) is 0 Å². The van der Waals surface area contributed by atoms with Crippen LogP contribution in [0.15, 0.2) is 0 Å². The number of nitrogens with zero attached hydrogens (tertiary/aromatic N) is 1. The minimum absolute atomic E-state index is 0.223. The lowest BCUT2D eigenvalue weighted by molar-refractivity contribution is -0.128. The maximum Gasteiger partial charge on any atom is 0.236 e. The molecule has 0 radical (unpaired) electrons. The summed E-state index contributed by atoms with van der Waals surface area (Å²) in [5.74, 6) is 2.19. The van der Waals surface area contributed by atoms with Gasteiger partial charge in [0.2, 0.25) is 5.91 Å². The topological polar surface area (TPSA) is 32.3 Å². The van der Waals surface area contributed by atoms with E-state index in [1.165, 1.54) is 38.5 Å². The highest BCUT2D eigenvalue weighted by Gasteiger charge is 2.34. The molecule has 0 heterocycles. The van der Waals surface area contributed by atoms with Crippen LogP contribution in [0, 0.1) is 11.8 Å². The molecule has 3 heteroatoms. The third-order valence-electron chi connectivity index (χ3n) is 4.45. The Kier molecular flexibility index (Phi) is 4.43. The van der Waals surface area contributed by atoms with Crippen LogP contribution in [0.3, 0.4) is 0 Å². The number of hydrogen-bond acceptors (Lipinski definition) is 2. The highest BCUT2D eigenvalue weighted by atomic mass is 16.2. The van der Waals surface area contributed by atoms with Gasteiger partial charge in [0, 0.05) is 19.6 Å². The molecule has 0 aromatic carbocycles. The summed E-state index contributed by atoms with van der Waals surface area (Å²) < 4.78 is 0. The van der Waals surface area contributed by atoms with Crippen molar-refractivity contribution in [3.8, 4) is 0 Å². The Balaban J connectivity index is 1.69. The predicted octanol–water partition coefficient (Wildman–Crippen LogP) is 2.02. The lowest BCUT2D eigenvalue weighted by Gasteiger charge is -2.30. The molecule has 0 spiro atoms. The average Bonchev–Trinajstić information content (AvgIpc) is 3.19. The number of carbonyl (C=O) groups excluding carboxylic acids is 1. The summed E-state index contributed by atoms with van der Waals surface area (Å²) in [4.78, 5) is 13.5. The van der Waals surface area contributed by atoms with Gasteiger partial charge in [-0.3, -0.25) is 4.79 Å². The number of likely N-dealkylation sites (N-methyl/N-ethyl adjacent to an activating group) is 1. The van der Waals surface area contributed by atoms with E-state index in [1.807, 2.05) is 14.0 Å². The number of nitrogens with one attached hydrogen (secondary N) is 1. The predicted molar refractivity (Wildman–Crippen MR) is 69.8 cm³/mol. The molecule has 0 saturated heterocycles. The molecular formula is C14H26N2O. The van der Waals surface area contributed by atoms with Crippen LogP contribution in [0.5, 0.6) is 0 Å². The lowest BCUT2D eigenvalue weighted by atomic mass is 9.83. The number of amides is 1. The van der Waals surface area contributed by atoms with E-state index in [2.05, 4.69) is 5.32 Å². The second-order valence-corrected chi connectivity index (χ2v) is 5.75. The van der Waals surface area contributed by atoms with E-state index in [9.17, 15) is 4.79 Å². The normalized spacial score (nSPS) is 29.1. The fraction of sp³-hybridized carbons (Fsp3) is 0.929. The maximum atomic E-state index is 11.7. The van der Waals surface area contributed by atoms with Crippen molar-refractivity contribution in [3.05, 3.63) is 0 Å². The molecule has 1 amide bonds. The zero-order valence-electron chi connectivity index (χ0n) is 11.2. The maximum absolute atomic E-state index is 11.7. The van der Waals surface area contributed by atoms with Gasteiger partial charge in [0.15, 0.2) is 0 Å². The molecule has 2 aliphatic rings. The quantitative estimate of drug-likeness (QED) is 0.795. The first-order valence-corrected chi connectivity index (χ1v) is 7.18. The Hall–Kier alpha value is -0.570. The fourth-order valence-corrected chi connectivity index (χ4v) is 2.95. The largest absolute Gasteiger partial charge is 0.345 e. The second kappa shape index (κ2) is 5.85. The van der Waals surface area contributed by atoms with E-state index < -0.39 is 0 Å². The smallest absolute Gasteiger partial charge is 0.236 e. The number of carbonyl (C=O) groups is 1. The fourth-order valence-electron chi connectivity index (χ4n) is 2.95. The Labute approximate surface area is 105 Å². The van der Waals surface area contributed by atoms with Gasteiger partial charge in [-0.05, 0) is 44.4 Å². The van der Waals surface area contributed by atoms with Gasteiger partial charge in [-0.25, -0.2) is 0 Å². The molecule has 2 aliphatic carbocycles. The molecular weight excluding hydrogens is 212 g/mol. The highest BCUT2D eigenvalue weighted by molar-refractivity contribution is 5.77. The van der Waals surface area contributed by atoms with Gasteiger partial charge in [-0.1, -0.05) is 12.8 Å². The Morgan fingerprint density at radius 3 is 2.65 bits per heavy atom. The van der Waals surface area contributed by atoms with Crippen molar-refractivity contribution in [2.45, 2.75) is 51.5 Å². The van der Waals surface area contributed by atoms with Crippen LogP contribution in [-0.4, -0.2) is 37.0 Å². The molecule has 2 rings (SSSR count). The van der Waals surface area contributed by atoms with Crippen molar-refractivity contribution in [2.75, 3.05) is 20.1 Å². The summed E-state index contributed by atoms with van der Waals surface area (Å²) in [6, 6.07) is 0.587. The van der Waals surface area contributed by atoms with Crippen LogP contribution in [-0.2, 0) is 4.79 Å². The molecule has 0 bridgehead atoms. The third-order valence-corrected chi connectivity index (χ3v) is 4.45. The monoisotopic (exact) mass is 238 g/mol. The molecule has 0 aromatic rings. The lowest BCUT2D eigenvalue weighted by Crippen LogP contribution is -2.42. The molecule has 17 heavy (non-hydrogen) atoms. The first kappa shape index (κ1) is 12.9. The van der Waals surface area contributed by atoms with E-state index in [0.717, 1.165) is 18.4 Å². The molecule has 0 aliphatic heterocycles. The summed E-state index contributed by atoms with van der Waals surface area (Å²) in [7, 11) is 1.87. The summed E-state index contributed by atoms with van der Waals surface area (Å²) in [5.41, 5.74) is 0. The molecule has 0 aromatic heterocycles. The van der Waals surface area contributed by atoms with Gasteiger partial charge in [-0.15, -0.1) is 0 Å². The van der Waals surface area contributed by atoms with Gasteiger partial charge >= 0.3 is 0 Å². The van der Waals surface area contributed by atoms with E-state index in [1.54, 1.807) is 4.90 Å². The Morgan fingerprint density at radius 2 is 2.00 bits per heavy atom. The molecule has 2 atom stereocenters. The van der Waals surface area contributed by atoms with Crippen LogP contribution < -0.4 is 5.32 Å². The van der Waals surface area contributed by atoms with Crippen molar-refractivity contribution in [2.24, 2.45) is 11.8 Å². The second-order valence-electron chi connectivity index (χ2n) is 5.75. The number of hydrogen-bond donors (Lipinski definition) is 1. The molecule has 2 unspecified atom stereocenters. The molecule has 2 fully saturated rings. The number of rotatable bonds is 5. The first-order chi connectivity index (χ1) is 8.20. The van der Waals surface area contributed by atoms with E-state index in [4.69, 9.17) is 0 Å². The summed E-state index contributed by atoms with van der Waals surface area (Å²) in [6.07, 6.45) is 8.23. The van der Waals surface area contributed by atoms with Gasteiger partial charge in [-0.2, -0.15) is 0 Å². The van der Waals surface area contributed by atoms with E-state index >= 15 is 0 Å². The summed E-state index contributed by atoms with van der Waals surface area (Å²) in [6.45, 7) is 3.34. The Bertz CT molecular complexity index is 263. The van der Waals surface area contributed by atoms with Crippen LogP contribution in [0.1, 0.15) is 45.4 Å². The van der Waals surface area contributed by atoms with E-state index in [-0.39, 0.29) is 5.91 Å². The first-order valence-electron chi connectivity index (χ1n) is 7.18. The van der Waals surface area contributed by atoms with Gasteiger partial charge in [0.25, 0.3) is 0 Å². The van der Waals surface area contributed by atoms with Crippen molar-refractivity contribution >= 4 is 5.91 Å². The third kappa shape index (κ3) is 3.70. The van der Waals surface area contributed by atoms with Gasteiger partial charge in [0.05, 0.1) is 6.54 Å².